The molecule has 86 valence electrons. The number of aliphatic hydroxyl groups excluding tert-OH is 1. The van der Waals surface area contributed by atoms with E-state index in [2.05, 4.69) is 11.3 Å². The minimum absolute atomic E-state index is 0.0864. The standard InChI is InChI=1S/C10H16O5/c1-2-9(12)15-10(13,7-11)6-8-4-3-5-14-8/h2,8,11,13H,1,3-7H2. The van der Waals surface area contributed by atoms with Crippen molar-refractivity contribution in [2.24, 2.45) is 0 Å². The fourth-order valence-corrected chi connectivity index (χ4v) is 1.53. The highest BCUT2D eigenvalue weighted by Crippen LogP contribution is 2.23. The van der Waals surface area contributed by atoms with E-state index in [1.165, 1.54) is 0 Å². The second-order valence-electron chi connectivity index (χ2n) is 3.57. The van der Waals surface area contributed by atoms with Crippen LogP contribution >= 0.6 is 0 Å². The van der Waals surface area contributed by atoms with E-state index in [9.17, 15) is 9.90 Å². The van der Waals surface area contributed by atoms with Crippen LogP contribution in [-0.2, 0) is 14.3 Å². The van der Waals surface area contributed by atoms with Crippen molar-refractivity contribution < 1.29 is 24.5 Å². The Morgan fingerprint density at radius 3 is 2.93 bits per heavy atom. The number of rotatable bonds is 5. The van der Waals surface area contributed by atoms with Gasteiger partial charge in [0.1, 0.15) is 6.61 Å². The molecule has 0 radical (unpaired) electrons. The maximum Gasteiger partial charge on any atom is 0.332 e. The second-order valence-corrected chi connectivity index (χ2v) is 3.57. The SMILES string of the molecule is C=CC(=O)OC(O)(CO)CC1CCCO1. The number of esters is 1. The van der Waals surface area contributed by atoms with Gasteiger partial charge < -0.3 is 19.7 Å². The zero-order chi connectivity index (χ0) is 11.3. The molecule has 0 aliphatic carbocycles. The highest BCUT2D eigenvalue weighted by Gasteiger charge is 2.35. The first-order valence-electron chi connectivity index (χ1n) is 4.90. The lowest BCUT2D eigenvalue weighted by Crippen LogP contribution is -2.41. The zero-order valence-corrected chi connectivity index (χ0v) is 8.52. The Hall–Kier alpha value is -0.910. The van der Waals surface area contributed by atoms with E-state index >= 15 is 0 Å². The van der Waals surface area contributed by atoms with Crippen LogP contribution in [0.5, 0.6) is 0 Å². The van der Waals surface area contributed by atoms with Crippen LogP contribution in [0.4, 0.5) is 0 Å². The number of ether oxygens (including phenoxy) is 2. The van der Waals surface area contributed by atoms with Gasteiger partial charge in [0, 0.05) is 19.1 Å². The number of carbonyl (C=O) groups is 1. The highest BCUT2D eigenvalue weighted by molar-refractivity contribution is 5.81. The van der Waals surface area contributed by atoms with Gasteiger partial charge in [-0.25, -0.2) is 4.79 Å². The molecule has 5 nitrogen and oxygen atoms in total. The van der Waals surface area contributed by atoms with Crippen LogP contribution in [0.1, 0.15) is 19.3 Å². The Bertz CT molecular complexity index is 234. The van der Waals surface area contributed by atoms with Gasteiger partial charge in [-0.15, -0.1) is 0 Å². The third-order valence-electron chi connectivity index (χ3n) is 2.27. The van der Waals surface area contributed by atoms with Crippen LogP contribution in [0.25, 0.3) is 0 Å². The van der Waals surface area contributed by atoms with E-state index in [4.69, 9.17) is 9.84 Å². The summed E-state index contributed by atoms with van der Waals surface area (Å²) < 4.78 is 9.94. The highest BCUT2D eigenvalue weighted by atomic mass is 16.7. The molecule has 0 saturated carbocycles. The van der Waals surface area contributed by atoms with Gasteiger partial charge in [-0.05, 0) is 12.8 Å². The summed E-state index contributed by atoms with van der Waals surface area (Å²) in [6.07, 6.45) is 2.58. The zero-order valence-electron chi connectivity index (χ0n) is 8.52. The normalized spacial score (nSPS) is 24.5. The summed E-state index contributed by atoms with van der Waals surface area (Å²) in [4.78, 5) is 10.9. The fourth-order valence-electron chi connectivity index (χ4n) is 1.53. The lowest BCUT2D eigenvalue weighted by Gasteiger charge is -2.27. The van der Waals surface area contributed by atoms with Crippen LogP contribution in [-0.4, -0.2) is 41.3 Å². The molecule has 2 N–H and O–H groups in total. The topological polar surface area (TPSA) is 76.0 Å². The van der Waals surface area contributed by atoms with Crippen molar-refractivity contribution in [1.82, 2.24) is 0 Å². The number of aliphatic hydroxyl groups is 2. The van der Waals surface area contributed by atoms with Crippen LogP contribution in [0.15, 0.2) is 12.7 Å². The molecule has 1 aliphatic rings. The van der Waals surface area contributed by atoms with Gasteiger partial charge in [0.2, 0.25) is 5.79 Å². The van der Waals surface area contributed by atoms with Gasteiger partial charge in [0.25, 0.3) is 0 Å². The molecule has 0 amide bonds. The summed E-state index contributed by atoms with van der Waals surface area (Å²) in [6, 6.07) is 0. The van der Waals surface area contributed by atoms with Crippen molar-refractivity contribution in [1.29, 1.82) is 0 Å². The molecule has 1 heterocycles. The first kappa shape index (κ1) is 12.2. The summed E-state index contributed by atoms with van der Waals surface area (Å²) in [7, 11) is 0. The largest absolute Gasteiger partial charge is 0.427 e. The summed E-state index contributed by atoms with van der Waals surface area (Å²) >= 11 is 0. The molecule has 0 aromatic heterocycles. The van der Waals surface area contributed by atoms with Crippen molar-refractivity contribution in [2.45, 2.75) is 31.2 Å². The Morgan fingerprint density at radius 2 is 2.47 bits per heavy atom. The molecule has 0 aromatic rings. The predicted octanol–water partition coefficient (Wildman–Crippen LogP) is -0.0344. The van der Waals surface area contributed by atoms with Crippen molar-refractivity contribution in [3.63, 3.8) is 0 Å². The van der Waals surface area contributed by atoms with Crippen LogP contribution in [0.3, 0.4) is 0 Å². The smallest absolute Gasteiger partial charge is 0.332 e. The second kappa shape index (κ2) is 5.25. The maximum absolute atomic E-state index is 10.9. The minimum atomic E-state index is -1.86. The van der Waals surface area contributed by atoms with Gasteiger partial charge in [-0.2, -0.15) is 0 Å². The van der Waals surface area contributed by atoms with E-state index in [0.29, 0.717) is 6.61 Å². The van der Waals surface area contributed by atoms with Crippen LogP contribution < -0.4 is 0 Å². The fraction of sp³-hybridized carbons (Fsp3) is 0.700. The van der Waals surface area contributed by atoms with Gasteiger partial charge in [-0.1, -0.05) is 6.58 Å². The Balaban J connectivity index is 2.50. The Morgan fingerprint density at radius 1 is 1.73 bits per heavy atom. The maximum atomic E-state index is 10.9. The van der Waals surface area contributed by atoms with Crippen LogP contribution in [0, 0.1) is 0 Å². The van der Waals surface area contributed by atoms with E-state index in [1.54, 1.807) is 0 Å². The Labute approximate surface area is 88.3 Å². The summed E-state index contributed by atoms with van der Waals surface area (Å²) in [5.41, 5.74) is 0. The van der Waals surface area contributed by atoms with E-state index in [0.717, 1.165) is 18.9 Å². The predicted molar refractivity (Wildman–Crippen MR) is 51.9 cm³/mol. The molecule has 5 heteroatoms. The number of carbonyl (C=O) groups excluding carboxylic acids is 1. The van der Waals surface area contributed by atoms with E-state index in [1.807, 2.05) is 0 Å². The molecular formula is C10H16O5. The molecular weight excluding hydrogens is 200 g/mol. The first-order chi connectivity index (χ1) is 7.09. The van der Waals surface area contributed by atoms with E-state index in [-0.39, 0.29) is 12.5 Å². The molecule has 0 spiro atoms. The molecule has 0 aromatic carbocycles. The molecule has 1 rings (SSSR count). The van der Waals surface area contributed by atoms with Gasteiger partial charge >= 0.3 is 5.97 Å². The van der Waals surface area contributed by atoms with Crippen LogP contribution in [0.2, 0.25) is 0 Å². The van der Waals surface area contributed by atoms with E-state index < -0.39 is 18.4 Å². The molecule has 0 bridgehead atoms. The minimum Gasteiger partial charge on any atom is -0.427 e. The molecule has 1 aliphatic heterocycles. The summed E-state index contributed by atoms with van der Waals surface area (Å²) in [6.45, 7) is 3.21. The molecule has 1 saturated heterocycles. The lowest BCUT2D eigenvalue weighted by atomic mass is 10.1. The summed E-state index contributed by atoms with van der Waals surface area (Å²) in [5.74, 6) is -2.62. The Kier molecular flexibility index (Phi) is 4.26. The molecule has 2 atom stereocenters. The third-order valence-corrected chi connectivity index (χ3v) is 2.27. The third kappa shape index (κ3) is 3.62. The molecule has 15 heavy (non-hydrogen) atoms. The lowest BCUT2D eigenvalue weighted by molar-refractivity contribution is -0.229. The first-order valence-corrected chi connectivity index (χ1v) is 4.90. The average Bonchev–Trinajstić information content (AvgIpc) is 2.70. The average molecular weight is 216 g/mol. The monoisotopic (exact) mass is 216 g/mol. The number of hydrogen-bond donors (Lipinski definition) is 2. The van der Waals surface area contributed by atoms with Gasteiger partial charge in [-0.3, -0.25) is 0 Å². The van der Waals surface area contributed by atoms with Gasteiger partial charge in [0.15, 0.2) is 0 Å². The number of hydrogen-bond acceptors (Lipinski definition) is 5. The van der Waals surface area contributed by atoms with Gasteiger partial charge in [0.05, 0.1) is 6.10 Å². The van der Waals surface area contributed by atoms with Crippen molar-refractivity contribution >= 4 is 5.97 Å². The summed E-state index contributed by atoms with van der Waals surface area (Å²) in [5, 5.41) is 18.7. The van der Waals surface area contributed by atoms with Crippen molar-refractivity contribution in [2.75, 3.05) is 13.2 Å². The quantitative estimate of drug-likeness (QED) is 0.383. The molecule has 2 unspecified atom stereocenters. The molecule has 1 fully saturated rings. The van der Waals surface area contributed by atoms with Crippen molar-refractivity contribution in [3.8, 4) is 0 Å². The van der Waals surface area contributed by atoms with Crippen molar-refractivity contribution in [3.05, 3.63) is 12.7 Å².